The van der Waals surface area contributed by atoms with Crippen molar-refractivity contribution < 1.29 is 0 Å². The fraction of sp³-hybridized carbons (Fsp3) is 0.200. The van der Waals surface area contributed by atoms with Crippen LogP contribution in [0, 0.1) is 0 Å². The minimum absolute atomic E-state index is 0.682. The van der Waals surface area contributed by atoms with Crippen molar-refractivity contribution in [3.8, 4) is 11.3 Å². The molecule has 0 aliphatic carbocycles. The molecule has 0 fully saturated rings. The molecule has 0 saturated carbocycles. The molecule has 5 nitrogen and oxygen atoms in total. The third kappa shape index (κ3) is 2.70. The van der Waals surface area contributed by atoms with Crippen LogP contribution >= 0.6 is 11.6 Å². The third-order valence-corrected chi connectivity index (χ3v) is 3.49. The lowest BCUT2D eigenvalue weighted by Gasteiger charge is -2.05. The van der Waals surface area contributed by atoms with Gasteiger partial charge in [-0.2, -0.15) is 9.61 Å². The molecule has 0 unspecified atom stereocenters. The Morgan fingerprint density at radius 3 is 2.86 bits per heavy atom. The number of nitrogens with two attached hydrogens (primary N) is 1. The second-order valence-electron chi connectivity index (χ2n) is 4.84. The maximum Gasteiger partial charge on any atom is 0.158 e. The van der Waals surface area contributed by atoms with Crippen LogP contribution in [0.25, 0.3) is 16.9 Å². The van der Waals surface area contributed by atoms with E-state index in [2.05, 4.69) is 22.4 Å². The average Bonchev–Trinajstić information content (AvgIpc) is 2.91. The van der Waals surface area contributed by atoms with E-state index in [1.165, 1.54) is 0 Å². The molecule has 1 aromatic carbocycles. The van der Waals surface area contributed by atoms with Crippen molar-refractivity contribution in [3.63, 3.8) is 0 Å². The van der Waals surface area contributed by atoms with Crippen LogP contribution in [0.15, 0.2) is 36.4 Å². The number of rotatable bonds is 4. The van der Waals surface area contributed by atoms with Gasteiger partial charge in [0.25, 0.3) is 0 Å². The number of hydrogen-bond acceptors (Lipinski definition) is 4. The molecule has 0 radical (unpaired) electrons. The number of hydrazine groups is 1. The van der Waals surface area contributed by atoms with E-state index >= 15 is 0 Å². The Hall–Kier alpha value is -2.11. The highest BCUT2D eigenvalue weighted by Crippen LogP contribution is 2.24. The maximum atomic E-state index is 6.04. The van der Waals surface area contributed by atoms with Gasteiger partial charge >= 0.3 is 0 Å². The summed E-state index contributed by atoms with van der Waals surface area (Å²) in [6.45, 7) is 2.12. The smallest absolute Gasteiger partial charge is 0.158 e. The van der Waals surface area contributed by atoms with Gasteiger partial charge in [0.15, 0.2) is 5.65 Å². The van der Waals surface area contributed by atoms with Crippen LogP contribution < -0.4 is 11.3 Å². The molecule has 108 valence electrons. The summed E-state index contributed by atoms with van der Waals surface area (Å²) in [5, 5.41) is 5.23. The van der Waals surface area contributed by atoms with Crippen LogP contribution in [0.5, 0.6) is 0 Å². The topological polar surface area (TPSA) is 68.2 Å². The Kier molecular flexibility index (Phi) is 3.77. The van der Waals surface area contributed by atoms with Crippen LogP contribution in [0.4, 0.5) is 5.82 Å². The van der Waals surface area contributed by atoms with Crippen molar-refractivity contribution in [1.82, 2.24) is 14.6 Å². The number of benzene rings is 1. The monoisotopic (exact) mass is 301 g/mol. The van der Waals surface area contributed by atoms with Crippen molar-refractivity contribution in [2.24, 2.45) is 5.84 Å². The number of aryl methyl sites for hydroxylation is 1. The minimum Gasteiger partial charge on any atom is -0.308 e. The first-order valence-electron chi connectivity index (χ1n) is 6.83. The van der Waals surface area contributed by atoms with Gasteiger partial charge in [-0.15, -0.1) is 0 Å². The quantitative estimate of drug-likeness (QED) is 0.573. The van der Waals surface area contributed by atoms with Crippen molar-refractivity contribution in [2.45, 2.75) is 19.8 Å². The molecule has 0 bridgehead atoms. The van der Waals surface area contributed by atoms with E-state index < -0.39 is 0 Å². The number of anilines is 1. The van der Waals surface area contributed by atoms with Crippen molar-refractivity contribution >= 4 is 23.1 Å². The largest absolute Gasteiger partial charge is 0.308 e. The first kappa shape index (κ1) is 13.9. The van der Waals surface area contributed by atoms with Gasteiger partial charge in [0.1, 0.15) is 5.82 Å². The van der Waals surface area contributed by atoms with Gasteiger partial charge in [-0.25, -0.2) is 10.8 Å². The van der Waals surface area contributed by atoms with Crippen molar-refractivity contribution in [2.75, 3.05) is 5.43 Å². The molecule has 0 atom stereocenters. The number of nitrogen functional groups attached to an aromatic ring is 1. The highest BCUT2D eigenvalue weighted by molar-refractivity contribution is 6.30. The molecule has 0 spiro atoms. The Balaban J connectivity index is 2.14. The summed E-state index contributed by atoms with van der Waals surface area (Å²) >= 11 is 6.04. The molecule has 21 heavy (non-hydrogen) atoms. The van der Waals surface area contributed by atoms with E-state index in [4.69, 9.17) is 17.4 Å². The first-order chi connectivity index (χ1) is 10.2. The molecule has 2 heterocycles. The van der Waals surface area contributed by atoms with E-state index in [0.29, 0.717) is 5.02 Å². The van der Waals surface area contributed by atoms with Gasteiger partial charge in [-0.1, -0.05) is 37.1 Å². The average molecular weight is 302 g/mol. The summed E-state index contributed by atoms with van der Waals surface area (Å²) < 4.78 is 1.70. The molecule has 0 aliphatic heterocycles. The standard InChI is InChI=1S/C15H16ClN5/c1-2-4-12-8-15(19-17)21-14(18-12)9-13(20-21)10-5-3-6-11(16)7-10/h3,5-9,19H,2,4,17H2,1H3. The number of nitrogens with one attached hydrogen (secondary N) is 1. The Morgan fingerprint density at radius 2 is 2.14 bits per heavy atom. The van der Waals surface area contributed by atoms with Crippen molar-refractivity contribution in [3.05, 3.63) is 47.1 Å². The fourth-order valence-electron chi connectivity index (χ4n) is 2.30. The Labute approximate surface area is 127 Å². The highest BCUT2D eigenvalue weighted by Gasteiger charge is 2.10. The Morgan fingerprint density at radius 1 is 1.29 bits per heavy atom. The molecular formula is C15H16ClN5. The first-order valence-corrected chi connectivity index (χ1v) is 7.21. The molecule has 3 aromatic rings. The molecule has 2 aromatic heterocycles. The zero-order valence-corrected chi connectivity index (χ0v) is 12.4. The van der Waals surface area contributed by atoms with Crippen LogP contribution in [0.3, 0.4) is 0 Å². The van der Waals surface area contributed by atoms with Crippen LogP contribution in [0.2, 0.25) is 5.02 Å². The van der Waals surface area contributed by atoms with Gasteiger partial charge in [0.2, 0.25) is 0 Å². The summed E-state index contributed by atoms with van der Waals surface area (Å²) in [5.74, 6) is 6.31. The van der Waals surface area contributed by atoms with Gasteiger partial charge in [-0.3, -0.25) is 0 Å². The fourth-order valence-corrected chi connectivity index (χ4v) is 2.49. The Bertz CT molecular complexity index is 781. The molecule has 6 heteroatoms. The van der Waals surface area contributed by atoms with Crippen LogP contribution in [-0.4, -0.2) is 14.6 Å². The molecular weight excluding hydrogens is 286 g/mol. The lowest BCUT2D eigenvalue weighted by Crippen LogP contribution is -2.13. The van der Waals surface area contributed by atoms with E-state index in [1.807, 2.05) is 36.4 Å². The van der Waals surface area contributed by atoms with Gasteiger partial charge in [0.05, 0.1) is 5.69 Å². The van der Waals surface area contributed by atoms with Crippen LogP contribution in [0.1, 0.15) is 19.0 Å². The minimum atomic E-state index is 0.682. The molecule has 0 amide bonds. The van der Waals surface area contributed by atoms with Gasteiger partial charge in [-0.05, 0) is 18.6 Å². The summed E-state index contributed by atoms with van der Waals surface area (Å²) in [5.41, 5.74) is 6.21. The zero-order valence-electron chi connectivity index (χ0n) is 11.7. The number of halogens is 1. The molecule has 0 saturated heterocycles. The summed E-state index contributed by atoms with van der Waals surface area (Å²) in [7, 11) is 0. The molecule has 3 N–H and O–H groups in total. The van der Waals surface area contributed by atoms with Crippen molar-refractivity contribution in [1.29, 1.82) is 0 Å². The third-order valence-electron chi connectivity index (χ3n) is 3.25. The van der Waals surface area contributed by atoms with Gasteiger partial charge < -0.3 is 5.43 Å². The summed E-state index contributed by atoms with van der Waals surface area (Å²) in [6, 6.07) is 11.4. The molecule has 0 aliphatic rings. The van der Waals surface area contributed by atoms with Crippen LogP contribution in [-0.2, 0) is 6.42 Å². The second-order valence-corrected chi connectivity index (χ2v) is 5.27. The lowest BCUT2D eigenvalue weighted by molar-refractivity contribution is 0.859. The summed E-state index contributed by atoms with van der Waals surface area (Å²) in [6.07, 6.45) is 1.94. The highest BCUT2D eigenvalue weighted by atomic mass is 35.5. The van der Waals surface area contributed by atoms with E-state index in [0.717, 1.165) is 41.3 Å². The van der Waals surface area contributed by atoms with E-state index in [9.17, 15) is 0 Å². The zero-order chi connectivity index (χ0) is 14.8. The maximum absolute atomic E-state index is 6.04. The predicted molar refractivity (Wildman–Crippen MR) is 85.2 cm³/mol. The van der Waals surface area contributed by atoms with E-state index in [-0.39, 0.29) is 0 Å². The molecule has 3 rings (SSSR count). The van der Waals surface area contributed by atoms with Gasteiger partial charge in [0, 0.05) is 28.4 Å². The van der Waals surface area contributed by atoms with E-state index in [1.54, 1.807) is 4.52 Å². The number of aromatic nitrogens is 3. The number of nitrogens with zero attached hydrogens (tertiary/aromatic N) is 3. The predicted octanol–water partition coefficient (Wildman–Crippen LogP) is 3.29. The number of fused-ring (bicyclic) bond motifs is 1. The number of hydrogen-bond donors (Lipinski definition) is 2. The summed E-state index contributed by atoms with van der Waals surface area (Å²) in [4.78, 5) is 4.61. The second kappa shape index (κ2) is 5.71. The lowest BCUT2D eigenvalue weighted by atomic mass is 10.1. The normalized spacial score (nSPS) is 11.0. The SMILES string of the molecule is CCCc1cc(NN)n2nc(-c3cccc(Cl)c3)cc2n1.